The van der Waals surface area contributed by atoms with E-state index >= 15 is 0 Å². The van der Waals surface area contributed by atoms with E-state index in [1.165, 1.54) is 12.8 Å². The molecule has 0 radical (unpaired) electrons. The van der Waals surface area contributed by atoms with E-state index in [0.717, 1.165) is 5.92 Å². The third-order valence-electron chi connectivity index (χ3n) is 1.59. The Kier molecular flexibility index (Phi) is 9.45. The third kappa shape index (κ3) is 5.57. The number of hydrogen-bond acceptors (Lipinski definition) is 0. The van der Waals surface area contributed by atoms with Crippen LogP contribution in [0.25, 0.3) is 0 Å². The molecule has 1 aliphatic rings. The summed E-state index contributed by atoms with van der Waals surface area (Å²) in [4.78, 5) is 0. The zero-order valence-corrected chi connectivity index (χ0v) is 11.6. The molecule has 0 atom stereocenters. The average molecular weight is 285 g/mol. The van der Waals surface area contributed by atoms with Crippen molar-refractivity contribution >= 4 is 24.8 Å². The maximum absolute atomic E-state index is 2.37. The molecule has 0 fully saturated rings. The van der Waals surface area contributed by atoms with Gasteiger partial charge in [-0.2, -0.15) is 0 Å². The Labute approximate surface area is 103 Å². The topological polar surface area (TPSA) is 0 Å². The van der Waals surface area contributed by atoms with Gasteiger partial charge in [-0.1, -0.05) is 0 Å². The standard InChI is InChI=1S/C9H13.2ClH.Zr/c1-8(2)7-9-5-3-4-6-9;;;/h5-6,8H,3,7H2,1-2H3;2*1H;. The van der Waals surface area contributed by atoms with Crippen LogP contribution in [0.4, 0.5) is 0 Å². The molecule has 0 nitrogen and oxygen atoms in total. The molecule has 1 aliphatic carbocycles. The summed E-state index contributed by atoms with van der Waals surface area (Å²) < 4.78 is 1.60. The first-order chi connectivity index (χ1) is 4.68. The van der Waals surface area contributed by atoms with E-state index in [2.05, 4.69) is 26.0 Å². The van der Waals surface area contributed by atoms with Gasteiger partial charge in [-0.15, -0.1) is 24.8 Å². The molecule has 12 heavy (non-hydrogen) atoms. The van der Waals surface area contributed by atoms with Crippen LogP contribution in [0.1, 0.15) is 26.7 Å². The first-order valence-corrected chi connectivity index (χ1v) is 5.02. The molecule has 0 N–H and O–H groups in total. The van der Waals surface area contributed by atoms with Crippen LogP contribution in [0.3, 0.4) is 0 Å². The fourth-order valence-corrected chi connectivity index (χ4v) is 1.90. The Morgan fingerprint density at radius 3 is 2.33 bits per heavy atom. The Bertz CT molecular complexity index is 183. The van der Waals surface area contributed by atoms with E-state index in [0.29, 0.717) is 0 Å². The number of hydrogen-bond donors (Lipinski definition) is 0. The van der Waals surface area contributed by atoms with E-state index < -0.39 is 0 Å². The van der Waals surface area contributed by atoms with Gasteiger partial charge in [0.15, 0.2) is 0 Å². The summed E-state index contributed by atoms with van der Waals surface area (Å²) in [5.41, 5.74) is 1.56. The van der Waals surface area contributed by atoms with E-state index in [1.54, 1.807) is 33.6 Å². The molecule has 0 amide bonds. The van der Waals surface area contributed by atoms with Crippen molar-refractivity contribution in [1.82, 2.24) is 0 Å². The van der Waals surface area contributed by atoms with Crippen molar-refractivity contribution in [2.75, 3.05) is 0 Å². The Balaban J connectivity index is 0. The van der Waals surface area contributed by atoms with Gasteiger partial charge < -0.3 is 0 Å². The molecule has 0 unspecified atom stereocenters. The van der Waals surface area contributed by atoms with Gasteiger partial charge in [0.2, 0.25) is 0 Å². The van der Waals surface area contributed by atoms with Gasteiger partial charge in [0.05, 0.1) is 0 Å². The van der Waals surface area contributed by atoms with Crippen molar-refractivity contribution in [3.05, 3.63) is 21.0 Å². The average Bonchev–Trinajstić information content (AvgIpc) is 2.13. The Morgan fingerprint density at radius 1 is 1.42 bits per heavy atom. The molecular formula is C9H15Cl2Zr. The van der Waals surface area contributed by atoms with Gasteiger partial charge >= 0.3 is 78.3 Å². The predicted octanol–water partition coefficient (Wildman–Crippen LogP) is 3.64. The van der Waals surface area contributed by atoms with Crippen molar-refractivity contribution in [3.8, 4) is 0 Å². The van der Waals surface area contributed by atoms with Crippen LogP contribution < -0.4 is 0 Å². The summed E-state index contributed by atoms with van der Waals surface area (Å²) in [6.45, 7) is 4.55. The van der Waals surface area contributed by atoms with Gasteiger partial charge in [-0.3, -0.25) is 0 Å². The zero-order chi connectivity index (χ0) is 7.56. The fraction of sp³-hybridized carbons (Fsp3) is 0.556. The van der Waals surface area contributed by atoms with Crippen molar-refractivity contribution in [2.45, 2.75) is 26.7 Å². The van der Waals surface area contributed by atoms with E-state index in [-0.39, 0.29) is 24.8 Å². The van der Waals surface area contributed by atoms with Gasteiger partial charge in [-0.05, 0) is 0 Å². The smallest absolute Gasteiger partial charge is 0.147 e. The predicted molar refractivity (Wildman–Crippen MR) is 54.7 cm³/mol. The molecule has 0 spiro atoms. The molecule has 0 saturated heterocycles. The summed E-state index contributed by atoms with van der Waals surface area (Å²) >= 11 is 1.58. The van der Waals surface area contributed by atoms with Gasteiger partial charge in [0, 0.05) is 0 Å². The number of allylic oxidation sites excluding steroid dienone is 4. The maximum Gasteiger partial charge on any atom is -0.147 e. The second-order valence-corrected chi connectivity index (χ2v) is 4.83. The number of rotatable bonds is 2. The normalized spacial score (nSPS) is 14.5. The summed E-state index contributed by atoms with van der Waals surface area (Å²) in [6.07, 6.45) is 7.21. The van der Waals surface area contributed by atoms with Gasteiger partial charge in [-0.25, -0.2) is 0 Å². The van der Waals surface area contributed by atoms with Crippen LogP contribution in [-0.2, 0) is 24.7 Å². The van der Waals surface area contributed by atoms with Crippen molar-refractivity contribution in [3.63, 3.8) is 0 Å². The van der Waals surface area contributed by atoms with Crippen molar-refractivity contribution in [2.24, 2.45) is 5.92 Å². The number of halogens is 2. The quantitative estimate of drug-likeness (QED) is 0.726. The zero-order valence-electron chi connectivity index (χ0n) is 7.46. The van der Waals surface area contributed by atoms with Crippen molar-refractivity contribution in [1.29, 1.82) is 0 Å². The molecule has 0 aromatic heterocycles. The maximum atomic E-state index is 2.37. The van der Waals surface area contributed by atoms with Crippen molar-refractivity contribution < 1.29 is 24.7 Å². The van der Waals surface area contributed by atoms with Crippen LogP contribution in [0.2, 0.25) is 0 Å². The van der Waals surface area contributed by atoms with E-state index in [1.807, 2.05) is 0 Å². The molecule has 0 aromatic carbocycles. The van der Waals surface area contributed by atoms with E-state index in [9.17, 15) is 0 Å². The summed E-state index contributed by atoms with van der Waals surface area (Å²) in [6, 6.07) is 0. The van der Waals surface area contributed by atoms with Crippen LogP contribution >= 0.6 is 24.8 Å². The minimum atomic E-state index is 0. The van der Waals surface area contributed by atoms with Crippen LogP contribution in [0.15, 0.2) is 21.0 Å². The molecule has 0 bridgehead atoms. The largest absolute Gasteiger partial charge is 0.147 e. The second kappa shape index (κ2) is 7.36. The summed E-state index contributed by atoms with van der Waals surface area (Å²) in [5.74, 6) is 0.809. The molecule has 3 heteroatoms. The van der Waals surface area contributed by atoms with Crippen LogP contribution in [0, 0.1) is 5.92 Å². The first-order valence-electron chi connectivity index (χ1n) is 3.79. The fourth-order valence-electron chi connectivity index (χ4n) is 1.20. The minimum Gasteiger partial charge on any atom is -0.147 e. The molecule has 0 heterocycles. The molecule has 0 aliphatic heterocycles. The second-order valence-electron chi connectivity index (χ2n) is 3.25. The SMILES string of the molecule is CC(C)CC1=CC[C]([Zr])=C1.Cl.Cl. The van der Waals surface area contributed by atoms with Crippen LogP contribution in [-0.4, -0.2) is 0 Å². The molecular weight excluding hydrogens is 270 g/mol. The minimum absolute atomic E-state index is 0. The summed E-state index contributed by atoms with van der Waals surface area (Å²) in [5, 5.41) is 0. The molecule has 0 aromatic rings. The van der Waals surface area contributed by atoms with E-state index in [4.69, 9.17) is 0 Å². The molecule has 0 saturated carbocycles. The monoisotopic (exact) mass is 283 g/mol. The van der Waals surface area contributed by atoms with Gasteiger partial charge in [0.25, 0.3) is 0 Å². The molecule has 69 valence electrons. The third-order valence-corrected chi connectivity index (χ3v) is 2.44. The summed E-state index contributed by atoms with van der Waals surface area (Å²) in [7, 11) is 0. The van der Waals surface area contributed by atoms with Gasteiger partial charge in [0.1, 0.15) is 0 Å². The Hall–Kier alpha value is 0.943. The van der Waals surface area contributed by atoms with Crippen LogP contribution in [0.5, 0.6) is 0 Å². The first kappa shape index (κ1) is 15.4. The Morgan fingerprint density at radius 2 is 2.00 bits per heavy atom. The molecule has 1 rings (SSSR count).